The number of piperidine rings is 1. The first-order chi connectivity index (χ1) is 14.8. The number of carbonyl (C=O) groups is 1. The molecule has 0 bridgehead atoms. The van der Waals surface area contributed by atoms with Crippen LogP contribution in [0.5, 0.6) is 0 Å². The molecule has 0 radical (unpaired) electrons. The molecule has 0 aliphatic carbocycles. The Morgan fingerprint density at radius 2 is 1.97 bits per heavy atom. The fourth-order valence-corrected chi connectivity index (χ4v) is 4.31. The number of likely N-dealkylation sites (tertiary alicyclic amines) is 1. The number of hydrogen-bond donors (Lipinski definition) is 3. The van der Waals surface area contributed by atoms with Crippen LogP contribution in [0.2, 0.25) is 5.02 Å². The summed E-state index contributed by atoms with van der Waals surface area (Å²) in [5.74, 6) is -0.247. The molecular weight excluding hydrogens is 412 g/mol. The zero-order chi connectivity index (χ0) is 22.5. The Bertz CT molecular complexity index is 1020. The largest absolute Gasteiger partial charge is 0.382 e. The number of aromatic amines is 1. The van der Waals surface area contributed by atoms with E-state index in [1.165, 1.54) is 0 Å². The summed E-state index contributed by atoms with van der Waals surface area (Å²) >= 11 is 6.34. The van der Waals surface area contributed by atoms with E-state index in [1.54, 1.807) is 6.07 Å². The fourth-order valence-electron chi connectivity index (χ4n) is 4.09. The zero-order valence-electron chi connectivity index (χ0n) is 18.5. The van der Waals surface area contributed by atoms with Crippen molar-refractivity contribution < 1.29 is 4.79 Å². The normalized spacial score (nSPS) is 15.0. The van der Waals surface area contributed by atoms with Gasteiger partial charge in [0.05, 0.1) is 0 Å². The van der Waals surface area contributed by atoms with E-state index in [0.29, 0.717) is 22.2 Å². The minimum atomic E-state index is -0.247. The maximum Gasteiger partial charge on any atom is 0.253 e. The molecule has 1 saturated heterocycles. The molecule has 0 unspecified atom stereocenters. The lowest BCUT2D eigenvalue weighted by atomic mass is 10.0. The van der Waals surface area contributed by atoms with Gasteiger partial charge in [-0.3, -0.25) is 14.5 Å². The highest BCUT2D eigenvalue weighted by molar-refractivity contribution is 6.31. The van der Waals surface area contributed by atoms with Gasteiger partial charge in [0.25, 0.3) is 11.5 Å². The molecule has 0 atom stereocenters. The lowest BCUT2D eigenvalue weighted by molar-refractivity contribution is 0.0950. The van der Waals surface area contributed by atoms with Crippen LogP contribution in [0.3, 0.4) is 0 Å². The highest BCUT2D eigenvalue weighted by Gasteiger charge is 2.21. The topological polar surface area (TPSA) is 77.2 Å². The summed E-state index contributed by atoms with van der Waals surface area (Å²) < 4.78 is 0. The van der Waals surface area contributed by atoms with Crippen molar-refractivity contribution in [3.8, 4) is 0 Å². The second kappa shape index (κ2) is 10.2. The summed E-state index contributed by atoms with van der Waals surface area (Å²) in [6, 6.07) is 5.79. The van der Waals surface area contributed by atoms with Crippen molar-refractivity contribution in [1.29, 1.82) is 0 Å². The Morgan fingerprint density at radius 3 is 2.61 bits per heavy atom. The van der Waals surface area contributed by atoms with Crippen LogP contribution in [0, 0.1) is 20.8 Å². The first-order valence-corrected chi connectivity index (χ1v) is 11.0. The Hall–Kier alpha value is -2.57. The van der Waals surface area contributed by atoms with E-state index < -0.39 is 0 Å². The molecule has 0 spiro atoms. The van der Waals surface area contributed by atoms with E-state index in [0.717, 1.165) is 55.0 Å². The van der Waals surface area contributed by atoms with Gasteiger partial charge in [-0.05, 0) is 62.9 Å². The summed E-state index contributed by atoms with van der Waals surface area (Å²) in [6.45, 7) is 12.5. The van der Waals surface area contributed by atoms with Crippen molar-refractivity contribution in [2.75, 3.05) is 25.0 Å². The molecule has 3 rings (SSSR count). The van der Waals surface area contributed by atoms with Gasteiger partial charge < -0.3 is 15.6 Å². The van der Waals surface area contributed by atoms with Crippen molar-refractivity contribution in [2.45, 2.75) is 46.2 Å². The van der Waals surface area contributed by atoms with E-state index in [-0.39, 0.29) is 18.0 Å². The number of pyridine rings is 1. The van der Waals surface area contributed by atoms with Gasteiger partial charge in [-0.1, -0.05) is 17.7 Å². The molecule has 7 heteroatoms. The van der Waals surface area contributed by atoms with Crippen molar-refractivity contribution in [2.24, 2.45) is 0 Å². The van der Waals surface area contributed by atoms with Gasteiger partial charge >= 0.3 is 0 Å². The van der Waals surface area contributed by atoms with Crippen LogP contribution in [0.1, 0.15) is 45.6 Å². The van der Waals surface area contributed by atoms with Crippen LogP contribution >= 0.6 is 11.6 Å². The Balaban J connectivity index is 1.71. The first kappa shape index (κ1) is 23.1. The highest BCUT2D eigenvalue weighted by Crippen LogP contribution is 2.27. The fraction of sp³-hybridized carbons (Fsp3) is 0.417. The van der Waals surface area contributed by atoms with Crippen LogP contribution in [-0.4, -0.2) is 41.5 Å². The number of aryl methyl sites for hydroxylation is 2. The number of aromatic nitrogens is 1. The summed E-state index contributed by atoms with van der Waals surface area (Å²) in [5.41, 5.74) is 4.28. The van der Waals surface area contributed by atoms with Gasteiger partial charge in [0.1, 0.15) is 0 Å². The van der Waals surface area contributed by atoms with Crippen molar-refractivity contribution in [3.63, 3.8) is 0 Å². The molecule has 1 aliphatic heterocycles. The Morgan fingerprint density at radius 1 is 1.26 bits per heavy atom. The number of halogens is 1. The van der Waals surface area contributed by atoms with Gasteiger partial charge in [-0.15, -0.1) is 6.58 Å². The van der Waals surface area contributed by atoms with Crippen LogP contribution in [0.15, 0.2) is 35.6 Å². The molecule has 1 aromatic heterocycles. The number of nitrogens with one attached hydrogen (secondary N) is 3. The molecule has 166 valence electrons. The van der Waals surface area contributed by atoms with E-state index in [1.807, 2.05) is 39.0 Å². The maximum atomic E-state index is 12.9. The van der Waals surface area contributed by atoms with Gasteiger partial charge in [-0.2, -0.15) is 0 Å². The zero-order valence-corrected chi connectivity index (χ0v) is 19.2. The highest BCUT2D eigenvalue weighted by atomic mass is 35.5. The van der Waals surface area contributed by atoms with E-state index in [9.17, 15) is 9.59 Å². The summed E-state index contributed by atoms with van der Waals surface area (Å²) in [7, 11) is 0. The molecule has 3 N–H and O–H groups in total. The van der Waals surface area contributed by atoms with Crippen LogP contribution in [0.4, 0.5) is 5.69 Å². The molecule has 1 amide bonds. The van der Waals surface area contributed by atoms with Gasteiger partial charge in [0, 0.05) is 59.8 Å². The van der Waals surface area contributed by atoms with E-state index >= 15 is 0 Å². The third-order valence-electron chi connectivity index (χ3n) is 5.87. The maximum absolute atomic E-state index is 12.9. The number of carbonyl (C=O) groups excluding carboxylic acids is 1. The molecule has 1 aliphatic rings. The standard InChI is InChI=1S/C24H31ClN4O2/c1-5-8-29-9-6-19(7-10-29)28-22-13-18(25)12-20(17(22)4)23(30)26-14-21-15(2)11-16(3)27-24(21)31/h5,11-13,19,28H,1,6-10,14H2,2-4H3,(H,26,30)(H,27,31). The number of benzene rings is 1. The summed E-state index contributed by atoms with van der Waals surface area (Å²) in [4.78, 5) is 30.3. The molecule has 1 fully saturated rings. The minimum Gasteiger partial charge on any atom is -0.382 e. The quantitative estimate of drug-likeness (QED) is 0.567. The average molecular weight is 443 g/mol. The number of anilines is 1. The lowest BCUT2D eigenvalue weighted by Crippen LogP contribution is -2.39. The third kappa shape index (κ3) is 5.77. The van der Waals surface area contributed by atoms with Gasteiger partial charge in [-0.25, -0.2) is 0 Å². The monoisotopic (exact) mass is 442 g/mol. The number of H-pyrrole nitrogens is 1. The molecule has 1 aromatic carbocycles. The second-order valence-electron chi connectivity index (χ2n) is 8.26. The van der Waals surface area contributed by atoms with Crippen molar-refractivity contribution in [1.82, 2.24) is 15.2 Å². The van der Waals surface area contributed by atoms with Crippen LogP contribution in [-0.2, 0) is 6.54 Å². The lowest BCUT2D eigenvalue weighted by Gasteiger charge is -2.32. The predicted molar refractivity (Wildman–Crippen MR) is 127 cm³/mol. The third-order valence-corrected chi connectivity index (χ3v) is 6.09. The molecule has 0 saturated carbocycles. The average Bonchev–Trinajstić information content (AvgIpc) is 2.71. The minimum absolute atomic E-state index is 0.163. The Labute approximate surface area is 188 Å². The molecule has 2 aromatic rings. The molecule has 2 heterocycles. The first-order valence-electron chi connectivity index (χ1n) is 10.7. The van der Waals surface area contributed by atoms with Crippen LogP contribution < -0.4 is 16.2 Å². The number of rotatable bonds is 7. The SMILES string of the molecule is C=CCN1CCC(Nc2cc(Cl)cc(C(=O)NCc3c(C)cc(C)[nH]c3=O)c2C)CC1. The number of hydrogen-bond acceptors (Lipinski definition) is 4. The van der Waals surface area contributed by atoms with Crippen molar-refractivity contribution in [3.05, 3.63) is 74.2 Å². The predicted octanol–water partition coefficient (Wildman–Crippen LogP) is 3.95. The van der Waals surface area contributed by atoms with Crippen LogP contribution in [0.25, 0.3) is 0 Å². The summed E-state index contributed by atoms with van der Waals surface area (Å²) in [5, 5.41) is 6.95. The summed E-state index contributed by atoms with van der Waals surface area (Å²) in [6.07, 6.45) is 3.99. The van der Waals surface area contributed by atoms with E-state index in [2.05, 4.69) is 27.1 Å². The van der Waals surface area contributed by atoms with Gasteiger partial charge in [0.15, 0.2) is 0 Å². The molecular formula is C24H31ClN4O2. The van der Waals surface area contributed by atoms with Gasteiger partial charge in [0.2, 0.25) is 0 Å². The Kier molecular flexibility index (Phi) is 7.57. The molecule has 31 heavy (non-hydrogen) atoms. The van der Waals surface area contributed by atoms with Crippen molar-refractivity contribution >= 4 is 23.2 Å². The number of amides is 1. The molecule has 6 nitrogen and oxygen atoms in total. The van der Waals surface area contributed by atoms with E-state index in [4.69, 9.17) is 11.6 Å². The number of nitrogens with zero attached hydrogens (tertiary/aromatic N) is 1. The smallest absolute Gasteiger partial charge is 0.253 e. The second-order valence-corrected chi connectivity index (χ2v) is 8.70.